The number of hydrogen-bond acceptors (Lipinski definition) is 7. The van der Waals surface area contributed by atoms with Crippen molar-refractivity contribution in [3.05, 3.63) is 59.4 Å². The molecule has 2 aromatic carbocycles. The Bertz CT molecular complexity index is 912. The molecule has 0 amide bonds. The van der Waals surface area contributed by atoms with Gasteiger partial charge in [0.05, 0.1) is 30.7 Å². The maximum absolute atomic E-state index is 11.9. The summed E-state index contributed by atoms with van der Waals surface area (Å²) >= 11 is 6.09. The molecule has 0 fully saturated rings. The highest BCUT2D eigenvalue weighted by molar-refractivity contribution is 6.33. The van der Waals surface area contributed by atoms with Crippen LogP contribution in [0, 0.1) is 0 Å². The number of halogens is 1. The largest absolute Gasteiger partial charge is 0.493 e. The van der Waals surface area contributed by atoms with Gasteiger partial charge in [0.1, 0.15) is 0 Å². The van der Waals surface area contributed by atoms with Crippen LogP contribution in [0.3, 0.4) is 0 Å². The van der Waals surface area contributed by atoms with Crippen LogP contribution < -0.4 is 9.47 Å². The van der Waals surface area contributed by atoms with Gasteiger partial charge in [0.15, 0.2) is 18.1 Å². The molecule has 0 aliphatic rings. The Balaban J connectivity index is 1.46. The van der Waals surface area contributed by atoms with E-state index >= 15 is 0 Å². The highest BCUT2D eigenvalue weighted by Crippen LogP contribution is 2.26. The third-order valence-electron chi connectivity index (χ3n) is 3.57. The normalized spacial score (nSPS) is 10.4. The zero-order valence-corrected chi connectivity index (χ0v) is 15.3. The van der Waals surface area contributed by atoms with Crippen LogP contribution in [0.15, 0.2) is 53.1 Å². The second-order valence-electron chi connectivity index (χ2n) is 5.41. The molecule has 3 rings (SSSR count). The SMILES string of the molecule is COc1ccccc1OCCC(=O)OCc1noc(-c2ccccc2Cl)n1. The minimum atomic E-state index is -0.436. The first-order valence-electron chi connectivity index (χ1n) is 8.16. The summed E-state index contributed by atoms with van der Waals surface area (Å²) in [6.45, 7) is 0.0672. The molecule has 8 heteroatoms. The predicted molar refractivity (Wildman–Crippen MR) is 97.6 cm³/mol. The number of carbonyl (C=O) groups is 1. The van der Waals surface area contributed by atoms with Gasteiger partial charge >= 0.3 is 5.97 Å². The molecule has 27 heavy (non-hydrogen) atoms. The Hall–Kier alpha value is -3.06. The first-order valence-corrected chi connectivity index (χ1v) is 8.54. The summed E-state index contributed by atoms with van der Waals surface area (Å²) in [6.07, 6.45) is 0.0767. The summed E-state index contributed by atoms with van der Waals surface area (Å²) in [4.78, 5) is 16.0. The van der Waals surface area contributed by atoms with Crippen LogP contribution >= 0.6 is 11.6 Å². The molecule has 7 nitrogen and oxygen atoms in total. The Morgan fingerprint density at radius 3 is 2.63 bits per heavy atom. The third kappa shape index (κ3) is 4.98. The van der Waals surface area contributed by atoms with Gasteiger partial charge in [-0.15, -0.1) is 0 Å². The highest BCUT2D eigenvalue weighted by Gasteiger charge is 2.13. The van der Waals surface area contributed by atoms with Crippen molar-refractivity contribution in [1.82, 2.24) is 10.1 Å². The van der Waals surface area contributed by atoms with Gasteiger partial charge in [-0.2, -0.15) is 4.98 Å². The molecule has 3 aromatic rings. The molecule has 0 saturated carbocycles. The Morgan fingerprint density at radius 2 is 1.85 bits per heavy atom. The lowest BCUT2D eigenvalue weighted by molar-refractivity contribution is -0.145. The lowest BCUT2D eigenvalue weighted by Gasteiger charge is -2.09. The molecule has 0 radical (unpaired) electrons. The molecule has 0 aliphatic heterocycles. The molecule has 1 heterocycles. The number of aromatic nitrogens is 2. The van der Waals surface area contributed by atoms with Gasteiger partial charge in [-0.05, 0) is 24.3 Å². The topological polar surface area (TPSA) is 83.7 Å². The fourth-order valence-electron chi connectivity index (χ4n) is 2.26. The number of ether oxygens (including phenoxy) is 3. The summed E-state index contributed by atoms with van der Waals surface area (Å²) in [5.74, 6) is 1.25. The summed E-state index contributed by atoms with van der Waals surface area (Å²) in [5.41, 5.74) is 0.620. The number of nitrogens with zero attached hydrogens (tertiary/aromatic N) is 2. The van der Waals surface area contributed by atoms with E-state index in [1.807, 2.05) is 18.2 Å². The molecule has 0 bridgehead atoms. The number of esters is 1. The lowest BCUT2D eigenvalue weighted by Crippen LogP contribution is -2.10. The van der Waals surface area contributed by atoms with Crippen molar-refractivity contribution < 1.29 is 23.5 Å². The summed E-state index contributed by atoms with van der Waals surface area (Å²) < 4.78 is 21.0. The van der Waals surface area contributed by atoms with E-state index in [1.54, 1.807) is 37.4 Å². The number of methoxy groups -OCH3 is 1. The van der Waals surface area contributed by atoms with Crippen LogP contribution in [0.25, 0.3) is 11.5 Å². The van der Waals surface area contributed by atoms with Gasteiger partial charge in [-0.1, -0.05) is 41.0 Å². The minimum absolute atomic E-state index is 0.0767. The molecule has 140 valence electrons. The molecular weight excluding hydrogens is 372 g/mol. The van der Waals surface area contributed by atoms with Crippen molar-refractivity contribution >= 4 is 17.6 Å². The number of para-hydroxylation sites is 2. The van der Waals surface area contributed by atoms with Crippen LogP contribution in [0.4, 0.5) is 0 Å². The molecule has 0 N–H and O–H groups in total. The number of benzene rings is 2. The maximum atomic E-state index is 11.9. The Labute approximate surface area is 160 Å². The molecule has 0 aliphatic carbocycles. The smallest absolute Gasteiger partial charge is 0.309 e. The van der Waals surface area contributed by atoms with Crippen molar-refractivity contribution in [1.29, 1.82) is 0 Å². The first kappa shape index (κ1) is 18.7. The number of carbonyl (C=O) groups excluding carboxylic acids is 1. The average molecular weight is 389 g/mol. The van der Waals surface area contributed by atoms with Gasteiger partial charge < -0.3 is 18.7 Å². The standard InChI is InChI=1S/C19H17ClN2O5/c1-24-15-8-4-5-9-16(15)25-11-10-18(23)26-12-17-21-19(27-22-17)13-6-2-3-7-14(13)20/h2-9H,10-12H2,1H3. The monoisotopic (exact) mass is 388 g/mol. The van der Waals surface area contributed by atoms with E-state index in [-0.39, 0.29) is 31.3 Å². The predicted octanol–water partition coefficient (Wildman–Crippen LogP) is 3.91. The Kier molecular flexibility index (Phi) is 6.27. The second-order valence-corrected chi connectivity index (χ2v) is 5.81. The van der Waals surface area contributed by atoms with Gasteiger partial charge in [0.25, 0.3) is 5.89 Å². The summed E-state index contributed by atoms with van der Waals surface area (Å²) in [6, 6.07) is 14.3. The second kappa shape index (κ2) is 9.05. The molecule has 0 atom stereocenters. The van der Waals surface area contributed by atoms with E-state index in [0.717, 1.165) is 0 Å². The highest BCUT2D eigenvalue weighted by atomic mass is 35.5. The number of hydrogen-bond donors (Lipinski definition) is 0. The summed E-state index contributed by atoms with van der Waals surface area (Å²) in [5, 5.41) is 4.28. The van der Waals surface area contributed by atoms with Crippen molar-refractivity contribution in [3.8, 4) is 23.0 Å². The molecule has 1 aromatic heterocycles. The first-order chi connectivity index (χ1) is 13.2. The van der Waals surface area contributed by atoms with Crippen molar-refractivity contribution in [2.75, 3.05) is 13.7 Å². The lowest BCUT2D eigenvalue weighted by atomic mass is 10.2. The summed E-state index contributed by atoms with van der Waals surface area (Å²) in [7, 11) is 1.55. The van der Waals surface area contributed by atoms with Gasteiger partial charge in [-0.3, -0.25) is 4.79 Å². The Morgan fingerprint density at radius 1 is 1.11 bits per heavy atom. The minimum Gasteiger partial charge on any atom is -0.493 e. The van der Waals surface area contributed by atoms with Crippen LogP contribution in [0.5, 0.6) is 11.5 Å². The van der Waals surface area contributed by atoms with Crippen molar-refractivity contribution in [2.45, 2.75) is 13.0 Å². The van der Waals surface area contributed by atoms with Gasteiger partial charge in [0.2, 0.25) is 5.82 Å². The quantitative estimate of drug-likeness (QED) is 0.541. The van der Waals surface area contributed by atoms with Crippen LogP contribution in [0.2, 0.25) is 5.02 Å². The van der Waals surface area contributed by atoms with Crippen LogP contribution in [-0.2, 0) is 16.1 Å². The van der Waals surface area contributed by atoms with E-state index < -0.39 is 5.97 Å². The number of rotatable bonds is 8. The van der Waals surface area contributed by atoms with E-state index in [1.165, 1.54) is 0 Å². The van der Waals surface area contributed by atoms with E-state index in [0.29, 0.717) is 22.1 Å². The van der Waals surface area contributed by atoms with Crippen molar-refractivity contribution in [3.63, 3.8) is 0 Å². The fraction of sp³-hybridized carbons (Fsp3) is 0.211. The third-order valence-corrected chi connectivity index (χ3v) is 3.90. The van der Waals surface area contributed by atoms with E-state index in [4.69, 9.17) is 30.3 Å². The van der Waals surface area contributed by atoms with Gasteiger partial charge in [0, 0.05) is 0 Å². The van der Waals surface area contributed by atoms with Crippen molar-refractivity contribution in [2.24, 2.45) is 0 Å². The van der Waals surface area contributed by atoms with Crippen LogP contribution in [-0.4, -0.2) is 29.8 Å². The molecule has 0 unspecified atom stereocenters. The van der Waals surface area contributed by atoms with E-state index in [9.17, 15) is 4.79 Å². The zero-order valence-electron chi connectivity index (χ0n) is 14.6. The van der Waals surface area contributed by atoms with Gasteiger partial charge in [-0.25, -0.2) is 0 Å². The zero-order chi connectivity index (χ0) is 19.1. The maximum Gasteiger partial charge on any atom is 0.309 e. The molecule has 0 spiro atoms. The average Bonchev–Trinajstić information content (AvgIpc) is 3.16. The molecule has 0 saturated heterocycles. The van der Waals surface area contributed by atoms with Crippen LogP contribution in [0.1, 0.15) is 12.2 Å². The van der Waals surface area contributed by atoms with E-state index in [2.05, 4.69) is 10.1 Å². The fourth-order valence-corrected chi connectivity index (χ4v) is 2.47. The molecular formula is C19H17ClN2O5.